The molecule has 1 aromatic heterocycles. The van der Waals surface area contributed by atoms with Gasteiger partial charge in [0.1, 0.15) is 10.8 Å². The first-order valence-corrected chi connectivity index (χ1v) is 9.42. The third-order valence-electron chi connectivity index (χ3n) is 3.79. The lowest BCUT2D eigenvalue weighted by molar-refractivity contribution is -0.117. The van der Waals surface area contributed by atoms with Crippen molar-refractivity contribution in [3.63, 3.8) is 0 Å². The molecular weight excluding hydrogens is 355 g/mol. The number of amides is 2. The van der Waals surface area contributed by atoms with E-state index in [1.807, 2.05) is 0 Å². The largest absolute Gasteiger partial charge is 0.324 e. The van der Waals surface area contributed by atoms with E-state index in [4.69, 9.17) is 0 Å². The van der Waals surface area contributed by atoms with Crippen LogP contribution < -0.4 is 10.6 Å². The molecule has 0 bridgehead atoms. The summed E-state index contributed by atoms with van der Waals surface area (Å²) in [6.45, 7) is 0. The highest BCUT2D eigenvalue weighted by molar-refractivity contribution is 7.99. The molecule has 6 nitrogen and oxygen atoms in total. The van der Waals surface area contributed by atoms with Crippen LogP contribution >= 0.6 is 11.8 Å². The molecule has 8 heteroatoms. The Labute approximate surface area is 155 Å². The summed E-state index contributed by atoms with van der Waals surface area (Å²) in [6, 6.07) is 9.59. The quantitative estimate of drug-likeness (QED) is 0.546. The first-order chi connectivity index (χ1) is 12.6. The molecule has 1 fully saturated rings. The molecule has 1 heterocycles. The Hall–Kier alpha value is -2.48. The van der Waals surface area contributed by atoms with Crippen LogP contribution in [-0.4, -0.2) is 27.8 Å². The van der Waals surface area contributed by atoms with Gasteiger partial charge >= 0.3 is 0 Å². The monoisotopic (exact) mass is 374 g/mol. The topological polar surface area (TPSA) is 84.0 Å². The van der Waals surface area contributed by atoms with Gasteiger partial charge in [-0.1, -0.05) is 12.1 Å². The minimum atomic E-state index is -0.445. The van der Waals surface area contributed by atoms with Crippen molar-refractivity contribution in [3.8, 4) is 0 Å². The number of nitrogens with one attached hydrogen (secondary N) is 2. The Bertz CT molecular complexity index is 781. The summed E-state index contributed by atoms with van der Waals surface area (Å²) in [5.41, 5.74) is 0.194. The van der Waals surface area contributed by atoms with Crippen LogP contribution in [0.15, 0.2) is 41.4 Å². The number of halogens is 1. The van der Waals surface area contributed by atoms with Gasteiger partial charge in [-0.3, -0.25) is 9.59 Å². The number of aromatic nitrogens is 2. The van der Waals surface area contributed by atoms with Gasteiger partial charge in [-0.15, -0.1) is 22.0 Å². The van der Waals surface area contributed by atoms with Crippen molar-refractivity contribution in [1.82, 2.24) is 10.2 Å². The van der Waals surface area contributed by atoms with E-state index in [0.717, 1.165) is 17.9 Å². The van der Waals surface area contributed by atoms with Crippen LogP contribution in [0.3, 0.4) is 0 Å². The molecule has 1 aliphatic rings. The van der Waals surface area contributed by atoms with Gasteiger partial charge in [0.2, 0.25) is 11.8 Å². The van der Waals surface area contributed by atoms with Crippen molar-refractivity contribution in [3.05, 3.63) is 42.2 Å². The predicted octanol–water partition coefficient (Wildman–Crippen LogP) is 3.48. The summed E-state index contributed by atoms with van der Waals surface area (Å²) < 4.78 is 13.5. The summed E-state index contributed by atoms with van der Waals surface area (Å²) in [4.78, 5) is 23.5. The second-order valence-electron chi connectivity index (χ2n) is 6.00. The Morgan fingerprint density at radius 3 is 2.62 bits per heavy atom. The molecule has 2 N–H and O–H groups in total. The molecule has 1 aromatic carbocycles. The number of anilines is 2. The number of rotatable bonds is 8. The van der Waals surface area contributed by atoms with Gasteiger partial charge in [0.25, 0.3) is 0 Å². The Balaban J connectivity index is 1.36. The summed E-state index contributed by atoms with van der Waals surface area (Å²) in [5.74, 6) is 0.601. The zero-order valence-electron chi connectivity index (χ0n) is 14.1. The standard InChI is InChI=1S/C18H19FN4O2S/c19-13-4-1-2-5-14(13)20-16(24)6-3-11-26-17-10-9-15(22-23-17)21-18(25)12-7-8-12/h1-2,4-5,9-10,12H,3,6-8,11H2,(H,20,24)(H,21,22,25). The zero-order chi connectivity index (χ0) is 18.4. The number of thioether (sulfide) groups is 1. The molecule has 1 saturated carbocycles. The number of carbonyl (C=O) groups is 2. The van der Waals surface area contributed by atoms with Crippen LogP contribution in [0, 0.1) is 11.7 Å². The van der Waals surface area contributed by atoms with Gasteiger partial charge in [-0.2, -0.15) is 0 Å². The third-order valence-corrected chi connectivity index (χ3v) is 4.79. The highest BCUT2D eigenvalue weighted by Crippen LogP contribution is 2.30. The number of benzene rings is 1. The van der Waals surface area contributed by atoms with Crippen LogP contribution in [0.1, 0.15) is 25.7 Å². The molecule has 26 heavy (non-hydrogen) atoms. The fourth-order valence-corrected chi connectivity index (χ4v) is 2.98. The Morgan fingerprint density at radius 2 is 1.92 bits per heavy atom. The molecule has 1 aliphatic carbocycles. The maximum absolute atomic E-state index is 13.5. The number of para-hydroxylation sites is 1. The van der Waals surface area contributed by atoms with Crippen molar-refractivity contribution < 1.29 is 14.0 Å². The molecule has 0 aliphatic heterocycles. The van der Waals surface area contributed by atoms with Crippen molar-refractivity contribution in [2.24, 2.45) is 5.92 Å². The van der Waals surface area contributed by atoms with E-state index in [-0.39, 0.29) is 23.4 Å². The molecule has 0 radical (unpaired) electrons. The molecule has 0 unspecified atom stereocenters. The van der Waals surface area contributed by atoms with Crippen molar-refractivity contribution in [2.45, 2.75) is 30.7 Å². The van der Waals surface area contributed by atoms with E-state index in [0.29, 0.717) is 24.4 Å². The first-order valence-electron chi connectivity index (χ1n) is 8.43. The van der Waals surface area contributed by atoms with Gasteiger partial charge in [0.15, 0.2) is 5.82 Å². The maximum Gasteiger partial charge on any atom is 0.228 e. The lowest BCUT2D eigenvalue weighted by Gasteiger charge is -2.06. The van der Waals surface area contributed by atoms with Crippen LogP contribution in [0.5, 0.6) is 0 Å². The Morgan fingerprint density at radius 1 is 1.12 bits per heavy atom. The Kier molecular flexibility index (Phi) is 6.17. The first kappa shape index (κ1) is 18.3. The second-order valence-corrected chi connectivity index (χ2v) is 7.12. The molecule has 136 valence electrons. The number of carbonyl (C=O) groups excluding carboxylic acids is 2. The average molecular weight is 374 g/mol. The fraction of sp³-hybridized carbons (Fsp3) is 0.333. The van der Waals surface area contributed by atoms with E-state index < -0.39 is 5.82 Å². The minimum absolute atomic E-state index is 0.000526. The van der Waals surface area contributed by atoms with Crippen LogP contribution in [0.2, 0.25) is 0 Å². The summed E-state index contributed by atoms with van der Waals surface area (Å²) in [7, 11) is 0. The summed E-state index contributed by atoms with van der Waals surface area (Å²) >= 11 is 1.48. The lowest BCUT2D eigenvalue weighted by atomic mass is 10.2. The van der Waals surface area contributed by atoms with Crippen LogP contribution in [-0.2, 0) is 9.59 Å². The van der Waals surface area contributed by atoms with Gasteiger partial charge in [0.05, 0.1) is 5.69 Å². The van der Waals surface area contributed by atoms with Gasteiger partial charge < -0.3 is 10.6 Å². The van der Waals surface area contributed by atoms with E-state index in [1.165, 1.54) is 23.9 Å². The van der Waals surface area contributed by atoms with E-state index in [9.17, 15) is 14.0 Å². The molecule has 2 aromatic rings. The zero-order valence-corrected chi connectivity index (χ0v) is 14.9. The molecular formula is C18H19FN4O2S. The highest BCUT2D eigenvalue weighted by Gasteiger charge is 2.29. The molecule has 0 saturated heterocycles. The lowest BCUT2D eigenvalue weighted by Crippen LogP contribution is -2.14. The highest BCUT2D eigenvalue weighted by atomic mass is 32.2. The molecule has 2 amide bonds. The van der Waals surface area contributed by atoms with Crippen LogP contribution in [0.4, 0.5) is 15.9 Å². The summed E-state index contributed by atoms with van der Waals surface area (Å²) in [6.07, 6.45) is 2.81. The predicted molar refractivity (Wildman–Crippen MR) is 98.4 cm³/mol. The van der Waals surface area contributed by atoms with Gasteiger partial charge in [0, 0.05) is 18.1 Å². The molecule has 0 spiro atoms. The van der Waals surface area contributed by atoms with Crippen molar-refractivity contribution in [1.29, 1.82) is 0 Å². The maximum atomic E-state index is 13.5. The number of hydrogen-bond acceptors (Lipinski definition) is 5. The van der Waals surface area contributed by atoms with Gasteiger partial charge in [-0.05, 0) is 43.5 Å². The van der Waals surface area contributed by atoms with E-state index >= 15 is 0 Å². The third kappa shape index (κ3) is 5.52. The van der Waals surface area contributed by atoms with E-state index in [1.54, 1.807) is 24.3 Å². The minimum Gasteiger partial charge on any atom is -0.324 e. The van der Waals surface area contributed by atoms with E-state index in [2.05, 4.69) is 20.8 Å². The average Bonchev–Trinajstić information content (AvgIpc) is 3.47. The van der Waals surface area contributed by atoms with Crippen molar-refractivity contribution in [2.75, 3.05) is 16.4 Å². The normalized spacial score (nSPS) is 13.3. The fourth-order valence-electron chi connectivity index (χ4n) is 2.22. The second kappa shape index (κ2) is 8.75. The summed E-state index contributed by atoms with van der Waals surface area (Å²) in [5, 5.41) is 14.1. The van der Waals surface area contributed by atoms with Crippen molar-refractivity contribution >= 4 is 35.1 Å². The SMILES string of the molecule is O=C(CCCSc1ccc(NC(=O)C2CC2)nn1)Nc1ccccc1F. The number of nitrogens with zero attached hydrogens (tertiary/aromatic N) is 2. The smallest absolute Gasteiger partial charge is 0.228 e. The number of hydrogen-bond donors (Lipinski definition) is 2. The van der Waals surface area contributed by atoms with Gasteiger partial charge in [-0.25, -0.2) is 4.39 Å². The molecule has 0 atom stereocenters. The van der Waals surface area contributed by atoms with Crippen LogP contribution in [0.25, 0.3) is 0 Å². The molecule has 3 rings (SSSR count).